The summed E-state index contributed by atoms with van der Waals surface area (Å²) in [5.41, 5.74) is 0.651. The number of hydrogen-bond donors (Lipinski definition) is 2. The number of aromatic hydroxyl groups is 1. The maximum Gasteiger partial charge on any atom is 0.303 e. The maximum atomic E-state index is 13.8. The summed E-state index contributed by atoms with van der Waals surface area (Å²) in [6.45, 7) is 0.147. The van der Waals surface area contributed by atoms with Crippen LogP contribution in [0.15, 0.2) is 23.8 Å². The number of alkyl halides is 2. The number of halogens is 2. The molecule has 2 aliphatic carbocycles. The summed E-state index contributed by atoms with van der Waals surface area (Å²) < 4.78 is 10.9. The molecule has 6 atom stereocenters. The number of benzene rings is 1. The standard InChI is InChI=1S/C29H32Cl2N2O9/c1-32-26(39)28(30)13-17-15(8-9-16-21(17)25(38)33(24(16)37)10-6-4-5-7-20(35)36)23(29(28,31)27(32)40)22-18(34)11-14(41-2)12-19(22)42-3/h8,11-12,16-17,21,23,34H,4-7,9-10,13H2,1-3H3,(H,35,36)/t16-,17+,21-,23+,28+,29-/m0/s1. The van der Waals surface area contributed by atoms with Gasteiger partial charge in [0.15, 0.2) is 9.75 Å². The highest BCUT2D eigenvalue weighted by molar-refractivity contribution is 6.53. The van der Waals surface area contributed by atoms with E-state index in [1.54, 1.807) is 6.08 Å². The Bertz CT molecular complexity index is 1410. The first-order valence-corrected chi connectivity index (χ1v) is 14.5. The Hall–Kier alpha value is -3.31. The molecule has 0 spiro atoms. The van der Waals surface area contributed by atoms with Crippen LogP contribution < -0.4 is 9.47 Å². The van der Waals surface area contributed by atoms with Crippen molar-refractivity contribution >= 4 is 52.8 Å². The van der Waals surface area contributed by atoms with Crippen LogP contribution in [-0.2, 0) is 24.0 Å². The number of carboxylic acid groups (broad SMARTS) is 1. The number of unbranched alkanes of at least 4 members (excludes halogenated alkanes) is 2. The van der Waals surface area contributed by atoms with Crippen molar-refractivity contribution in [1.82, 2.24) is 9.80 Å². The predicted octanol–water partition coefficient (Wildman–Crippen LogP) is 3.04. The second kappa shape index (κ2) is 10.8. The summed E-state index contributed by atoms with van der Waals surface area (Å²) in [7, 11) is 4.08. The molecule has 4 amide bonds. The normalized spacial score (nSPS) is 32.0. The van der Waals surface area contributed by atoms with Gasteiger partial charge in [0.1, 0.15) is 17.2 Å². The van der Waals surface area contributed by atoms with E-state index < -0.39 is 57.1 Å². The molecule has 0 bridgehead atoms. The highest BCUT2D eigenvalue weighted by Crippen LogP contribution is 2.67. The van der Waals surface area contributed by atoms with E-state index in [0.717, 1.165) is 4.90 Å². The molecule has 1 saturated carbocycles. The van der Waals surface area contributed by atoms with E-state index >= 15 is 0 Å². The molecule has 13 heteroatoms. The van der Waals surface area contributed by atoms with Gasteiger partial charge in [0, 0.05) is 43.6 Å². The smallest absolute Gasteiger partial charge is 0.303 e. The highest BCUT2D eigenvalue weighted by Gasteiger charge is 2.76. The number of rotatable bonds is 9. The Labute approximate surface area is 252 Å². The van der Waals surface area contributed by atoms with Crippen LogP contribution in [0.3, 0.4) is 0 Å². The van der Waals surface area contributed by atoms with Gasteiger partial charge in [0.25, 0.3) is 11.8 Å². The van der Waals surface area contributed by atoms with Crippen molar-refractivity contribution in [2.45, 2.75) is 54.2 Å². The van der Waals surface area contributed by atoms with Crippen molar-refractivity contribution in [1.29, 1.82) is 0 Å². The molecule has 3 fully saturated rings. The lowest BCUT2D eigenvalue weighted by Crippen LogP contribution is -2.60. The number of carbonyl (C=O) groups excluding carboxylic acids is 4. The zero-order valence-electron chi connectivity index (χ0n) is 23.4. The number of phenols is 1. The summed E-state index contributed by atoms with van der Waals surface area (Å²) in [4.78, 5) is 63.4. The molecule has 0 aromatic heterocycles. The minimum atomic E-state index is -2.07. The molecule has 226 valence electrons. The van der Waals surface area contributed by atoms with Crippen molar-refractivity contribution in [2.24, 2.45) is 17.8 Å². The number of carboxylic acids is 1. The number of carbonyl (C=O) groups is 5. The summed E-state index contributed by atoms with van der Waals surface area (Å²) in [6.07, 6.45) is 3.22. The second-order valence-electron chi connectivity index (χ2n) is 11.3. The van der Waals surface area contributed by atoms with Crippen LogP contribution in [0.5, 0.6) is 17.2 Å². The van der Waals surface area contributed by atoms with Gasteiger partial charge in [-0.05, 0) is 31.6 Å². The average Bonchev–Trinajstić information content (AvgIpc) is 3.27. The second-order valence-corrected chi connectivity index (χ2v) is 12.5. The van der Waals surface area contributed by atoms with Crippen molar-refractivity contribution < 1.29 is 43.7 Å². The van der Waals surface area contributed by atoms with Crippen molar-refractivity contribution in [3.05, 3.63) is 29.3 Å². The number of imide groups is 2. The number of hydrogen-bond acceptors (Lipinski definition) is 8. The minimum Gasteiger partial charge on any atom is -0.507 e. The lowest BCUT2D eigenvalue weighted by molar-refractivity contribution is -0.141. The van der Waals surface area contributed by atoms with Crippen molar-refractivity contribution in [3.8, 4) is 17.2 Å². The van der Waals surface area contributed by atoms with E-state index in [2.05, 4.69) is 0 Å². The number of ether oxygens (including phenoxy) is 2. The minimum absolute atomic E-state index is 0.00469. The third-order valence-corrected chi connectivity index (χ3v) is 10.6. The SMILES string of the molecule is COc1cc(O)c([C@H]2C3=CC[C@@H]4C(=O)N(CCCCCC(=O)O)C(=O)[C@@H]4[C@@H]3C[C@@]3(Cl)C(=O)N(C)C(=O)[C@@]23Cl)c(OC)c1. The molecule has 0 unspecified atom stereocenters. The van der Waals surface area contributed by atoms with Crippen molar-refractivity contribution in [3.63, 3.8) is 0 Å². The fraction of sp³-hybridized carbons (Fsp3) is 0.552. The fourth-order valence-electron chi connectivity index (χ4n) is 7.23. The van der Waals surface area contributed by atoms with Crippen LogP contribution in [0.1, 0.15) is 50.0 Å². The van der Waals surface area contributed by atoms with E-state index in [-0.39, 0.29) is 54.5 Å². The van der Waals surface area contributed by atoms with Gasteiger partial charge in [-0.1, -0.05) is 18.1 Å². The van der Waals surface area contributed by atoms with Gasteiger partial charge >= 0.3 is 5.97 Å². The zero-order chi connectivity index (χ0) is 30.7. The largest absolute Gasteiger partial charge is 0.507 e. The Morgan fingerprint density at radius 1 is 1.02 bits per heavy atom. The topological polar surface area (TPSA) is 151 Å². The Kier molecular flexibility index (Phi) is 7.72. The van der Waals surface area contributed by atoms with Gasteiger partial charge in [-0.3, -0.25) is 33.8 Å². The van der Waals surface area contributed by atoms with Gasteiger partial charge in [-0.2, -0.15) is 0 Å². The summed E-state index contributed by atoms with van der Waals surface area (Å²) in [5.74, 6) is -6.45. The molecule has 11 nitrogen and oxygen atoms in total. The number of likely N-dealkylation sites (tertiary alicyclic amines) is 2. The summed E-state index contributed by atoms with van der Waals surface area (Å²) in [5, 5.41) is 20.1. The number of amides is 4. The third-order valence-electron chi connectivity index (χ3n) is 9.22. The molecular weight excluding hydrogens is 591 g/mol. The quantitative estimate of drug-likeness (QED) is 0.183. The third kappa shape index (κ3) is 4.18. The number of methoxy groups -OCH3 is 2. The van der Waals surface area contributed by atoms with Crippen LogP contribution in [0.4, 0.5) is 0 Å². The first kappa shape index (κ1) is 30.2. The lowest BCUT2D eigenvalue weighted by Gasteiger charge is -2.51. The highest BCUT2D eigenvalue weighted by atomic mass is 35.5. The van der Waals surface area contributed by atoms with Crippen LogP contribution in [-0.4, -0.2) is 87.2 Å². The van der Waals surface area contributed by atoms with Gasteiger partial charge in [-0.15, -0.1) is 23.2 Å². The zero-order valence-corrected chi connectivity index (χ0v) is 24.9. The fourth-order valence-corrected chi connectivity index (χ4v) is 8.24. The molecule has 2 aliphatic heterocycles. The molecule has 1 aromatic rings. The van der Waals surface area contributed by atoms with E-state index in [4.69, 9.17) is 37.8 Å². The Morgan fingerprint density at radius 3 is 2.38 bits per heavy atom. The molecule has 4 aliphatic rings. The van der Waals surface area contributed by atoms with Gasteiger partial charge in [0.05, 0.1) is 26.1 Å². The number of allylic oxidation sites excluding steroid dienone is 2. The van der Waals surface area contributed by atoms with Crippen LogP contribution in [0.25, 0.3) is 0 Å². The van der Waals surface area contributed by atoms with Gasteiger partial charge in [0.2, 0.25) is 11.8 Å². The first-order chi connectivity index (χ1) is 19.8. The Balaban J connectivity index is 1.59. The maximum absolute atomic E-state index is 13.8. The molecule has 0 radical (unpaired) electrons. The molecule has 2 N–H and O–H groups in total. The average molecular weight is 623 g/mol. The first-order valence-electron chi connectivity index (χ1n) is 13.8. The molecule has 2 heterocycles. The van der Waals surface area contributed by atoms with Gasteiger partial charge in [-0.25, -0.2) is 0 Å². The van der Waals surface area contributed by atoms with E-state index in [1.807, 2.05) is 0 Å². The molecular formula is C29H32Cl2N2O9. The van der Waals surface area contributed by atoms with E-state index in [9.17, 15) is 29.1 Å². The molecule has 5 rings (SSSR count). The summed E-state index contributed by atoms with van der Waals surface area (Å²) in [6, 6.07) is 2.85. The molecule has 42 heavy (non-hydrogen) atoms. The van der Waals surface area contributed by atoms with E-state index in [1.165, 1.54) is 38.3 Å². The number of nitrogens with zero attached hydrogens (tertiary/aromatic N) is 2. The number of phenolic OH excluding ortho intramolecular Hbond substituents is 1. The van der Waals surface area contributed by atoms with Crippen molar-refractivity contribution in [2.75, 3.05) is 27.8 Å². The monoisotopic (exact) mass is 622 g/mol. The van der Waals surface area contributed by atoms with Crippen LogP contribution in [0, 0.1) is 17.8 Å². The number of fused-ring (bicyclic) bond motifs is 4. The van der Waals surface area contributed by atoms with Crippen LogP contribution in [0.2, 0.25) is 0 Å². The lowest BCUT2D eigenvalue weighted by atomic mass is 9.56. The van der Waals surface area contributed by atoms with Crippen LogP contribution >= 0.6 is 23.2 Å². The number of aliphatic carboxylic acids is 1. The Morgan fingerprint density at radius 2 is 1.74 bits per heavy atom. The van der Waals surface area contributed by atoms with Gasteiger partial charge < -0.3 is 19.7 Å². The molecule has 1 aromatic carbocycles. The summed E-state index contributed by atoms with van der Waals surface area (Å²) >= 11 is 14.3. The predicted molar refractivity (Wildman–Crippen MR) is 150 cm³/mol. The molecule has 2 saturated heterocycles. The van der Waals surface area contributed by atoms with E-state index in [0.29, 0.717) is 24.8 Å².